The maximum absolute atomic E-state index is 11.9. The molecular weight excluding hydrogens is 268 g/mol. The molecule has 0 bridgehead atoms. The number of nitrogens with one attached hydrogen (secondary N) is 1. The highest BCUT2D eigenvalue weighted by Gasteiger charge is 2.21. The van der Waals surface area contributed by atoms with Gasteiger partial charge >= 0.3 is 5.97 Å². The molecular formula is C16H16N2O3. The van der Waals surface area contributed by atoms with E-state index in [1.165, 1.54) is 0 Å². The molecule has 0 saturated carbocycles. The third kappa shape index (κ3) is 4.42. The van der Waals surface area contributed by atoms with Crippen LogP contribution in [0.1, 0.15) is 23.6 Å². The van der Waals surface area contributed by atoms with Gasteiger partial charge in [0, 0.05) is 18.8 Å². The van der Waals surface area contributed by atoms with E-state index < -0.39 is 12.0 Å². The molecule has 1 aromatic heterocycles. The van der Waals surface area contributed by atoms with Gasteiger partial charge < -0.3 is 10.4 Å². The number of rotatable bonds is 6. The van der Waals surface area contributed by atoms with Crippen LogP contribution in [0.5, 0.6) is 0 Å². The highest BCUT2D eigenvalue weighted by Crippen LogP contribution is 2.13. The van der Waals surface area contributed by atoms with Crippen LogP contribution in [0.25, 0.3) is 0 Å². The average molecular weight is 284 g/mol. The van der Waals surface area contributed by atoms with Gasteiger partial charge in [0.25, 0.3) is 0 Å². The summed E-state index contributed by atoms with van der Waals surface area (Å²) in [5.74, 6) is -1.36. The second kappa shape index (κ2) is 7.19. The van der Waals surface area contributed by atoms with Crippen LogP contribution in [0.4, 0.5) is 0 Å². The first-order valence-electron chi connectivity index (χ1n) is 6.63. The molecule has 0 aliphatic rings. The quantitative estimate of drug-likeness (QED) is 0.849. The summed E-state index contributed by atoms with van der Waals surface area (Å²) in [4.78, 5) is 27.1. The van der Waals surface area contributed by atoms with Crippen molar-refractivity contribution in [2.75, 3.05) is 0 Å². The third-order valence-electron chi connectivity index (χ3n) is 3.08. The molecule has 5 heteroatoms. The van der Waals surface area contributed by atoms with Crippen LogP contribution in [-0.2, 0) is 16.0 Å². The van der Waals surface area contributed by atoms with Crippen LogP contribution in [0, 0.1) is 0 Å². The molecule has 0 radical (unpaired) electrons. The van der Waals surface area contributed by atoms with Gasteiger partial charge in [-0.05, 0) is 29.7 Å². The monoisotopic (exact) mass is 284 g/mol. The molecule has 1 amide bonds. The van der Waals surface area contributed by atoms with Crippen molar-refractivity contribution in [3.8, 4) is 0 Å². The number of hydrogen-bond donors (Lipinski definition) is 2. The molecule has 2 aromatic rings. The largest absolute Gasteiger partial charge is 0.479 e. The normalized spacial score (nSPS) is 11.6. The van der Waals surface area contributed by atoms with Gasteiger partial charge in [0.15, 0.2) is 6.04 Å². The van der Waals surface area contributed by atoms with Crippen molar-refractivity contribution < 1.29 is 14.7 Å². The van der Waals surface area contributed by atoms with E-state index in [4.69, 9.17) is 0 Å². The second-order valence-corrected chi connectivity index (χ2v) is 4.60. The number of hydrogen-bond acceptors (Lipinski definition) is 3. The van der Waals surface area contributed by atoms with Crippen molar-refractivity contribution in [1.82, 2.24) is 10.3 Å². The van der Waals surface area contributed by atoms with E-state index in [1.807, 2.05) is 12.1 Å². The van der Waals surface area contributed by atoms with Gasteiger partial charge in [-0.25, -0.2) is 4.79 Å². The van der Waals surface area contributed by atoms with E-state index >= 15 is 0 Å². The minimum absolute atomic E-state index is 0.237. The van der Waals surface area contributed by atoms with E-state index in [0.29, 0.717) is 12.0 Å². The van der Waals surface area contributed by atoms with E-state index in [0.717, 1.165) is 5.56 Å². The number of carbonyl (C=O) groups is 2. The summed E-state index contributed by atoms with van der Waals surface area (Å²) in [7, 11) is 0. The molecule has 1 aromatic carbocycles. The molecule has 2 N–H and O–H groups in total. The van der Waals surface area contributed by atoms with Gasteiger partial charge in [-0.1, -0.05) is 30.3 Å². The Bertz CT molecular complexity index is 599. The van der Waals surface area contributed by atoms with Crippen molar-refractivity contribution >= 4 is 11.9 Å². The highest BCUT2D eigenvalue weighted by molar-refractivity contribution is 5.84. The average Bonchev–Trinajstić information content (AvgIpc) is 2.52. The smallest absolute Gasteiger partial charge is 0.330 e. The fourth-order valence-corrected chi connectivity index (χ4v) is 1.97. The van der Waals surface area contributed by atoms with Crippen LogP contribution in [0.2, 0.25) is 0 Å². The number of aliphatic carboxylic acids is 1. The van der Waals surface area contributed by atoms with Crippen molar-refractivity contribution in [3.63, 3.8) is 0 Å². The molecule has 1 heterocycles. The Labute approximate surface area is 122 Å². The first-order chi connectivity index (χ1) is 10.2. The lowest BCUT2D eigenvalue weighted by atomic mass is 10.1. The molecule has 0 aliphatic heterocycles. The number of amides is 1. The lowest BCUT2D eigenvalue weighted by molar-refractivity contribution is -0.142. The molecule has 21 heavy (non-hydrogen) atoms. The Morgan fingerprint density at radius 1 is 1.10 bits per heavy atom. The van der Waals surface area contributed by atoms with Crippen LogP contribution in [0.15, 0.2) is 54.9 Å². The number of aryl methyl sites for hydroxylation is 1. The van der Waals surface area contributed by atoms with E-state index in [1.54, 1.807) is 42.7 Å². The molecule has 0 aliphatic carbocycles. The van der Waals surface area contributed by atoms with Crippen molar-refractivity contribution in [1.29, 1.82) is 0 Å². The Kier molecular flexibility index (Phi) is 5.04. The van der Waals surface area contributed by atoms with Gasteiger partial charge in [-0.2, -0.15) is 0 Å². The minimum atomic E-state index is -1.07. The lowest BCUT2D eigenvalue weighted by Gasteiger charge is -2.14. The Balaban J connectivity index is 1.95. The number of nitrogens with zero attached hydrogens (tertiary/aromatic N) is 1. The number of carboxylic acids is 1. The fourth-order valence-electron chi connectivity index (χ4n) is 1.97. The summed E-state index contributed by atoms with van der Waals surface area (Å²) in [6, 6.07) is 11.3. The predicted octanol–water partition coefficient (Wildman–Crippen LogP) is 1.96. The van der Waals surface area contributed by atoms with Crippen LogP contribution >= 0.6 is 0 Å². The van der Waals surface area contributed by atoms with E-state index in [9.17, 15) is 14.7 Å². The van der Waals surface area contributed by atoms with Crippen LogP contribution < -0.4 is 5.32 Å². The summed E-state index contributed by atoms with van der Waals surface area (Å²) >= 11 is 0. The molecule has 0 spiro atoms. The van der Waals surface area contributed by atoms with Gasteiger partial charge in [-0.3, -0.25) is 9.78 Å². The van der Waals surface area contributed by atoms with E-state index in [-0.39, 0.29) is 12.3 Å². The standard InChI is InChI=1S/C16H16N2O3/c19-14(7-6-12-8-10-17-11-9-12)18-15(16(20)21)13-4-2-1-3-5-13/h1-5,8-11,15H,6-7H2,(H,18,19)(H,20,21)/t15-/m1/s1. The number of aromatic nitrogens is 1. The SMILES string of the molecule is O=C(CCc1ccncc1)N[C@@H](C(=O)O)c1ccccc1. The molecule has 1 atom stereocenters. The summed E-state index contributed by atoms with van der Waals surface area (Å²) in [5.41, 5.74) is 1.55. The molecule has 2 rings (SSSR count). The first-order valence-corrected chi connectivity index (χ1v) is 6.63. The number of benzene rings is 1. The molecule has 5 nitrogen and oxygen atoms in total. The molecule has 0 fully saturated rings. The van der Waals surface area contributed by atoms with Crippen LogP contribution in [0.3, 0.4) is 0 Å². The van der Waals surface area contributed by atoms with Gasteiger partial charge in [0.05, 0.1) is 0 Å². The van der Waals surface area contributed by atoms with Gasteiger partial charge in [-0.15, -0.1) is 0 Å². The van der Waals surface area contributed by atoms with Gasteiger partial charge in [0.2, 0.25) is 5.91 Å². The predicted molar refractivity (Wildman–Crippen MR) is 77.5 cm³/mol. The first kappa shape index (κ1) is 14.7. The van der Waals surface area contributed by atoms with Crippen LogP contribution in [-0.4, -0.2) is 22.0 Å². The van der Waals surface area contributed by atoms with Gasteiger partial charge in [0.1, 0.15) is 0 Å². The van der Waals surface area contributed by atoms with Crippen molar-refractivity contribution in [2.45, 2.75) is 18.9 Å². The Morgan fingerprint density at radius 2 is 1.76 bits per heavy atom. The maximum Gasteiger partial charge on any atom is 0.330 e. The summed E-state index contributed by atoms with van der Waals surface area (Å²) in [6.07, 6.45) is 4.12. The summed E-state index contributed by atoms with van der Waals surface area (Å²) in [6.45, 7) is 0. The fraction of sp³-hybridized carbons (Fsp3) is 0.188. The summed E-state index contributed by atoms with van der Waals surface area (Å²) < 4.78 is 0. The lowest BCUT2D eigenvalue weighted by Crippen LogP contribution is -2.33. The number of pyridine rings is 1. The topological polar surface area (TPSA) is 79.3 Å². The third-order valence-corrected chi connectivity index (χ3v) is 3.08. The molecule has 108 valence electrons. The van der Waals surface area contributed by atoms with E-state index in [2.05, 4.69) is 10.3 Å². The Morgan fingerprint density at radius 3 is 2.38 bits per heavy atom. The molecule has 0 saturated heterocycles. The Hall–Kier alpha value is -2.69. The highest BCUT2D eigenvalue weighted by atomic mass is 16.4. The zero-order valence-electron chi connectivity index (χ0n) is 11.4. The number of carbonyl (C=O) groups excluding carboxylic acids is 1. The minimum Gasteiger partial charge on any atom is -0.479 e. The van der Waals surface area contributed by atoms with Crippen molar-refractivity contribution in [3.05, 3.63) is 66.0 Å². The zero-order valence-corrected chi connectivity index (χ0v) is 11.4. The second-order valence-electron chi connectivity index (χ2n) is 4.60. The van der Waals surface area contributed by atoms with Crippen molar-refractivity contribution in [2.24, 2.45) is 0 Å². The number of carboxylic acid groups (broad SMARTS) is 1. The summed E-state index contributed by atoms with van der Waals surface area (Å²) in [5, 5.41) is 11.8. The zero-order chi connectivity index (χ0) is 15.1. The molecule has 0 unspecified atom stereocenters. The maximum atomic E-state index is 11.9.